The predicted molar refractivity (Wildman–Crippen MR) is 41.0 cm³/mol. The van der Waals surface area contributed by atoms with E-state index >= 15 is 0 Å². The third-order valence-electron chi connectivity index (χ3n) is 1.36. The largest absolute Gasteiger partial charge is 0.509 e. The van der Waals surface area contributed by atoms with Crippen LogP contribution in [0.4, 0.5) is 0 Å². The number of benzene rings is 1. The van der Waals surface area contributed by atoms with Gasteiger partial charge in [-0.05, 0) is 24.0 Å². The maximum atomic E-state index is 9.10. The molecule has 1 aromatic carbocycles. The minimum atomic E-state index is 0.384. The molecular formula is C7H9BO. The molecule has 1 aromatic rings. The van der Waals surface area contributed by atoms with Gasteiger partial charge in [0.1, 0.15) is 13.6 Å². The first-order chi connectivity index (χ1) is 4.20. The molecule has 0 aromatic heterocycles. The summed E-state index contributed by atoms with van der Waals surface area (Å²) in [6, 6.07) is 5.65. The Bertz CT molecular complexity index is 220. The molecule has 2 heteroatoms. The number of hydrogen-bond donors (Lipinski definition) is 1. The van der Waals surface area contributed by atoms with Gasteiger partial charge in [0.2, 0.25) is 0 Å². The van der Waals surface area contributed by atoms with Crippen LogP contribution in [0.3, 0.4) is 0 Å². The van der Waals surface area contributed by atoms with E-state index in [1.807, 2.05) is 26.9 Å². The van der Waals surface area contributed by atoms with E-state index in [2.05, 4.69) is 0 Å². The number of phenolic OH excluding ortho intramolecular Hbond substituents is 1. The standard InChI is InChI=1S/C7H9BO/c1-5-2-3-6(8)7(9)4-5/h2-4,9H,8H2,1H3. The molecule has 0 heterocycles. The number of rotatable bonds is 0. The summed E-state index contributed by atoms with van der Waals surface area (Å²) in [6.07, 6.45) is 0. The van der Waals surface area contributed by atoms with E-state index in [0.717, 1.165) is 11.0 Å². The average Bonchev–Trinajstić information content (AvgIpc) is 1.80. The van der Waals surface area contributed by atoms with Crippen LogP contribution in [0.1, 0.15) is 5.56 Å². The number of aryl methyl sites for hydroxylation is 1. The topological polar surface area (TPSA) is 20.2 Å². The lowest BCUT2D eigenvalue weighted by Crippen LogP contribution is -2.01. The molecule has 46 valence electrons. The van der Waals surface area contributed by atoms with Crippen molar-refractivity contribution in [1.82, 2.24) is 0 Å². The van der Waals surface area contributed by atoms with Crippen molar-refractivity contribution in [2.24, 2.45) is 0 Å². The van der Waals surface area contributed by atoms with Gasteiger partial charge in [-0.25, -0.2) is 0 Å². The van der Waals surface area contributed by atoms with Gasteiger partial charge in [-0.1, -0.05) is 12.1 Å². The molecule has 0 bridgehead atoms. The summed E-state index contributed by atoms with van der Waals surface area (Å²) in [4.78, 5) is 0. The van der Waals surface area contributed by atoms with Crippen LogP contribution in [0, 0.1) is 6.92 Å². The van der Waals surface area contributed by atoms with Gasteiger partial charge in [0.05, 0.1) is 0 Å². The SMILES string of the molecule is Bc1ccc(C)cc1O. The van der Waals surface area contributed by atoms with Crippen molar-refractivity contribution < 1.29 is 5.11 Å². The van der Waals surface area contributed by atoms with Crippen LogP contribution in [0.25, 0.3) is 0 Å². The quantitative estimate of drug-likeness (QED) is 0.476. The molecule has 0 unspecified atom stereocenters. The van der Waals surface area contributed by atoms with Crippen molar-refractivity contribution >= 4 is 13.3 Å². The van der Waals surface area contributed by atoms with Crippen LogP contribution in [0.15, 0.2) is 18.2 Å². The van der Waals surface area contributed by atoms with Gasteiger partial charge in [-0.15, -0.1) is 0 Å². The van der Waals surface area contributed by atoms with Gasteiger partial charge < -0.3 is 5.11 Å². The van der Waals surface area contributed by atoms with Crippen molar-refractivity contribution in [3.05, 3.63) is 23.8 Å². The first kappa shape index (κ1) is 6.21. The Balaban J connectivity index is 3.17. The molecule has 0 atom stereocenters. The molecule has 1 nitrogen and oxygen atoms in total. The zero-order valence-electron chi connectivity index (χ0n) is 5.68. The van der Waals surface area contributed by atoms with E-state index in [9.17, 15) is 0 Å². The van der Waals surface area contributed by atoms with E-state index in [0.29, 0.717) is 5.75 Å². The molecule has 0 radical (unpaired) electrons. The minimum Gasteiger partial charge on any atom is -0.509 e. The van der Waals surface area contributed by atoms with Crippen molar-refractivity contribution in [2.75, 3.05) is 0 Å². The maximum absolute atomic E-state index is 9.10. The lowest BCUT2D eigenvalue weighted by molar-refractivity contribution is 0.479. The maximum Gasteiger partial charge on any atom is 0.144 e. The second-order valence-electron chi connectivity index (χ2n) is 2.29. The molecule has 1 rings (SSSR count). The smallest absolute Gasteiger partial charge is 0.144 e. The molecule has 0 aliphatic carbocycles. The van der Waals surface area contributed by atoms with Crippen molar-refractivity contribution in [3.63, 3.8) is 0 Å². The van der Waals surface area contributed by atoms with E-state index in [-0.39, 0.29) is 0 Å². The van der Waals surface area contributed by atoms with E-state index in [4.69, 9.17) is 5.11 Å². The van der Waals surface area contributed by atoms with Crippen LogP contribution in [-0.2, 0) is 0 Å². The number of hydrogen-bond acceptors (Lipinski definition) is 1. The third kappa shape index (κ3) is 1.25. The monoisotopic (exact) mass is 120 g/mol. The molecule has 0 fully saturated rings. The highest BCUT2D eigenvalue weighted by Gasteiger charge is 1.91. The zero-order valence-corrected chi connectivity index (χ0v) is 5.68. The fourth-order valence-electron chi connectivity index (χ4n) is 0.719. The summed E-state index contributed by atoms with van der Waals surface area (Å²) in [5.41, 5.74) is 2.03. The van der Waals surface area contributed by atoms with Crippen LogP contribution in [-0.4, -0.2) is 13.0 Å². The number of aromatic hydroxyl groups is 1. The van der Waals surface area contributed by atoms with Gasteiger partial charge in [0.15, 0.2) is 0 Å². The van der Waals surface area contributed by atoms with Crippen LogP contribution in [0.2, 0.25) is 0 Å². The van der Waals surface area contributed by atoms with Crippen molar-refractivity contribution in [1.29, 1.82) is 0 Å². The Morgan fingerprint density at radius 3 is 2.56 bits per heavy atom. The Hall–Kier alpha value is -0.915. The van der Waals surface area contributed by atoms with Gasteiger partial charge >= 0.3 is 0 Å². The van der Waals surface area contributed by atoms with Crippen LogP contribution >= 0.6 is 0 Å². The average molecular weight is 120 g/mol. The molecule has 0 saturated carbocycles. The Kier molecular flexibility index (Phi) is 1.47. The second kappa shape index (κ2) is 2.13. The van der Waals surface area contributed by atoms with Crippen LogP contribution < -0.4 is 5.46 Å². The molecule has 0 saturated heterocycles. The van der Waals surface area contributed by atoms with Crippen molar-refractivity contribution in [3.8, 4) is 5.75 Å². The summed E-state index contributed by atoms with van der Waals surface area (Å²) < 4.78 is 0. The van der Waals surface area contributed by atoms with Gasteiger partial charge in [-0.2, -0.15) is 0 Å². The van der Waals surface area contributed by atoms with E-state index in [1.54, 1.807) is 6.07 Å². The third-order valence-corrected chi connectivity index (χ3v) is 1.36. The molecule has 0 amide bonds. The lowest BCUT2D eigenvalue weighted by atomic mass is 9.94. The molecular weight excluding hydrogens is 111 g/mol. The highest BCUT2D eigenvalue weighted by atomic mass is 16.3. The first-order valence-electron chi connectivity index (χ1n) is 2.96. The molecule has 1 N–H and O–H groups in total. The fraction of sp³-hybridized carbons (Fsp3) is 0.143. The van der Waals surface area contributed by atoms with Gasteiger partial charge in [-0.3, -0.25) is 0 Å². The zero-order chi connectivity index (χ0) is 6.85. The summed E-state index contributed by atoms with van der Waals surface area (Å²) in [6.45, 7) is 1.96. The fourth-order valence-corrected chi connectivity index (χ4v) is 0.719. The predicted octanol–water partition coefficient (Wildman–Crippen LogP) is -0.0410. The van der Waals surface area contributed by atoms with Crippen molar-refractivity contribution in [2.45, 2.75) is 6.92 Å². The highest BCUT2D eigenvalue weighted by Crippen LogP contribution is 2.05. The summed E-state index contributed by atoms with van der Waals surface area (Å²) >= 11 is 0. The van der Waals surface area contributed by atoms with E-state index in [1.165, 1.54) is 0 Å². The first-order valence-corrected chi connectivity index (χ1v) is 2.96. The van der Waals surface area contributed by atoms with Gasteiger partial charge in [0.25, 0.3) is 0 Å². The normalized spacial score (nSPS) is 9.44. The highest BCUT2D eigenvalue weighted by molar-refractivity contribution is 6.34. The van der Waals surface area contributed by atoms with Crippen LogP contribution in [0.5, 0.6) is 5.75 Å². The Labute approximate surface area is 55.7 Å². The number of phenols is 1. The minimum absolute atomic E-state index is 0.384. The molecule has 0 spiro atoms. The molecule has 9 heavy (non-hydrogen) atoms. The van der Waals surface area contributed by atoms with E-state index < -0.39 is 0 Å². The molecule has 0 aliphatic heterocycles. The summed E-state index contributed by atoms with van der Waals surface area (Å²) in [5, 5.41) is 9.10. The Morgan fingerprint density at radius 2 is 2.11 bits per heavy atom. The summed E-state index contributed by atoms with van der Waals surface area (Å²) in [5.74, 6) is 0.384. The Morgan fingerprint density at radius 1 is 1.44 bits per heavy atom. The lowest BCUT2D eigenvalue weighted by Gasteiger charge is -1.97. The second-order valence-corrected chi connectivity index (χ2v) is 2.29. The molecule has 0 aliphatic rings. The summed E-state index contributed by atoms with van der Waals surface area (Å²) in [7, 11) is 1.88. The van der Waals surface area contributed by atoms with Gasteiger partial charge in [0, 0.05) is 0 Å².